The molecule has 4 heteroatoms. The summed E-state index contributed by atoms with van der Waals surface area (Å²) in [7, 11) is 0. The van der Waals surface area contributed by atoms with Crippen molar-refractivity contribution in [2.45, 2.75) is 116 Å². The number of aliphatic hydroxyl groups excluding tert-OH is 1. The molecule has 36 heavy (non-hydrogen) atoms. The largest absolute Gasteiger partial charge is 0.393 e. The first-order valence-electron chi connectivity index (χ1n) is 14.9. The van der Waals surface area contributed by atoms with Crippen molar-refractivity contribution in [3.8, 4) is 11.8 Å². The fraction of sp³-hybridized carbons (Fsp3) is 0.844. The van der Waals surface area contributed by atoms with E-state index in [0.717, 1.165) is 43.4 Å². The summed E-state index contributed by atoms with van der Waals surface area (Å²) in [6.45, 7) is 10.5. The Morgan fingerprint density at radius 3 is 2.58 bits per heavy atom. The number of amides is 1. The maximum atomic E-state index is 13.0. The molecule has 3 saturated carbocycles. The molecule has 8 atom stereocenters. The van der Waals surface area contributed by atoms with Gasteiger partial charge in [-0.05, 0) is 105 Å². The molecule has 0 aromatic heterocycles. The van der Waals surface area contributed by atoms with Crippen LogP contribution in [0.5, 0.6) is 0 Å². The quantitative estimate of drug-likeness (QED) is 0.387. The van der Waals surface area contributed by atoms with Crippen LogP contribution >= 0.6 is 0 Å². The van der Waals surface area contributed by atoms with Gasteiger partial charge in [-0.15, -0.1) is 5.92 Å². The lowest BCUT2D eigenvalue weighted by Crippen LogP contribution is -2.50. The highest BCUT2D eigenvalue weighted by atomic mass is 16.3. The van der Waals surface area contributed by atoms with Crippen LogP contribution in [0, 0.1) is 52.3 Å². The average molecular weight is 496 g/mol. The number of likely N-dealkylation sites (tertiary alicyclic amines) is 1. The maximum Gasteiger partial charge on any atom is 0.222 e. The monoisotopic (exact) mass is 495 g/mol. The zero-order valence-corrected chi connectivity index (χ0v) is 23.2. The second kappa shape index (κ2) is 9.77. The van der Waals surface area contributed by atoms with Gasteiger partial charge in [-0.2, -0.15) is 0 Å². The van der Waals surface area contributed by atoms with E-state index in [1.807, 2.05) is 4.90 Å². The van der Waals surface area contributed by atoms with E-state index in [9.17, 15) is 15.0 Å². The lowest BCUT2D eigenvalue weighted by molar-refractivity contribution is -0.134. The Bertz CT molecular complexity index is 937. The highest BCUT2D eigenvalue weighted by molar-refractivity contribution is 5.76. The number of nitrogens with zero attached hydrogens (tertiary/aromatic N) is 1. The number of rotatable bonds is 4. The van der Waals surface area contributed by atoms with Gasteiger partial charge in [-0.1, -0.05) is 38.3 Å². The second-order valence-corrected chi connectivity index (χ2v) is 13.7. The number of hydrogen-bond acceptors (Lipinski definition) is 3. The normalized spacial score (nSPS) is 42.2. The van der Waals surface area contributed by atoms with Gasteiger partial charge in [0.25, 0.3) is 0 Å². The third-order valence-electron chi connectivity index (χ3n) is 12.0. The van der Waals surface area contributed by atoms with Crippen molar-refractivity contribution in [3.63, 3.8) is 0 Å². The highest BCUT2D eigenvalue weighted by Crippen LogP contribution is 2.67. The van der Waals surface area contributed by atoms with Crippen molar-refractivity contribution < 1.29 is 15.0 Å². The summed E-state index contributed by atoms with van der Waals surface area (Å²) in [6, 6.07) is 0. The van der Waals surface area contributed by atoms with Gasteiger partial charge in [-0.3, -0.25) is 4.79 Å². The molecule has 0 radical (unpaired) electrons. The first-order valence-corrected chi connectivity index (χ1v) is 14.9. The van der Waals surface area contributed by atoms with Gasteiger partial charge < -0.3 is 15.1 Å². The van der Waals surface area contributed by atoms with Crippen LogP contribution in [0.2, 0.25) is 0 Å². The molecule has 1 saturated heterocycles. The minimum atomic E-state index is -0.908. The van der Waals surface area contributed by atoms with Gasteiger partial charge >= 0.3 is 0 Å². The Morgan fingerprint density at radius 2 is 1.86 bits per heavy atom. The van der Waals surface area contributed by atoms with Crippen LogP contribution in [0.25, 0.3) is 0 Å². The first kappa shape index (κ1) is 26.3. The van der Waals surface area contributed by atoms with E-state index in [1.54, 1.807) is 12.5 Å². The number of allylic oxidation sites excluding steroid dienone is 1. The van der Waals surface area contributed by atoms with Crippen molar-refractivity contribution in [1.82, 2.24) is 4.90 Å². The topological polar surface area (TPSA) is 60.8 Å². The molecule has 5 rings (SSSR count). The molecule has 4 aliphatic carbocycles. The van der Waals surface area contributed by atoms with E-state index in [4.69, 9.17) is 0 Å². The Morgan fingerprint density at radius 1 is 1.11 bits per heavy atom. The summed E-state index contributed by atoms with van der Waals surface area (Å²) in [6.07, 6.45) is 14.7. The number of hydrogen-bond donors (Lipinski definition) is 2. The zero-order chi connectivity index (χ0) is 25.7. The zero-order valence-electron chi connectivity index (χ0n) is 23.2. The smallest absolute Gasteiger partial charge is 0.222 e. The second-order valence-electron chi connectivity index (χ2n) is 13.7. The molecular weight excluding hydrogens is 446 g/mol. The molecule has 1 aliphatic heterocycles. The molecule has 1 heterocycles. The number of aliphatic hydroxyl groups is 2. The maximum absolute atomic E-state index is 13.0. The van der Waals surface area contributed by atoms with Gasteiger partial charge in [0.2, 0.25) is 5.91 Å². The molecule has 4 nitrogen and oxygen atoms in total. The van der Waals surface area contributed by atoms with Gasteiger partial charge in [-0.25, -0.2) is 0 Å². The van der Waals surface area contributed by atoms with Gasteiger partial charge in [0.15, 0.2) is 0 Å². The molecule has 5 aliphatic rings. The highest BCUT2D eigenvalue weighted by Gasteiger charge is 2.59. The minimum Gasteiger partial charge on any atom is -0.393 e. The van der Waals surface area contributed by atoms with Crippen LogP contribution in [0.1, 0.15) is 105 Å². The minimum absolute atomic E-state index is 0.129. The summed E-state index contributed by atoms with van der Waals surface area (Å²) in [5.74, 6) is 9.70. The molecule has 0 bridgehead atoms. The van der Waals surface area contributed by atoms with Gasteiger partial charge in [0.1, 0.15) is 5.60 Å². The number of fused-ring (bicyclic) bond motifs is 5. The molecule has 0 spiro atoms. The summed E-state index contributed by atoms with van der Waals surface area (Å²) >= 11 is 0. The Labute approximate surface area is 219 Å². The summed E-state index contributed by atoms with van der Waals surface area (Å²) < 4.78 is 0. The van der Waals surface area contributed by atoms with Crippen LogP contribution in [0.15, 0.2) is 11.6 Å². The van der Waals surface area contributed by atoms with Crippen molar-refractivity contribution in [3.05, 3.63) is 11.6 Å². The number of carbonyl (C=O) groups excluding carboxylic acids is 1. The number of carbonyl (C=O) groups is 1. The Kier molecular flexibility index (Phi) is 7.14. The van der Waals surface area contributed by atoms with E-state index < -0.39 is 5.60 Å². The Balaban J connectivity index is 1.19. The molecule has 200 valence electrons. The molecule has 4 fully saturated rings. The third-order valence-corrected chi connectivity index (χ3v) is 12.0. The third kappa shape index (κ3) is 4.47. The molecule has 1 amide bonds. The molecule has 0 unspecified atom stereocenters. The fourth-order valence-corrected chi connectivity index (χ4v) is 9.81. The van der Waals surface area contributed by atoms with Gasteiger partial charge in [0, 0.05) is 32.4 Å². The van der Waals surface area contributed by atoms with E-state index >= 15 is 0 Å². The van der Waals surface area contributed by atoms with E-state index in [0.29, 0.717) is 55.0 Å². The van der Waals surface area contributed by atoms with Crippen LogP contribution in [-0.4, -0.2) is 45.8 Å². The lowest BCUT2D eigenvalue weighted by atomic mass is 9.47. The van der Waals surface area contributed by atoms with Crippen molar-refractivity contribution in [2.75, 3.05) is 13.1 Å². The van der Waals surface area contributed by atoms with Crippen molar-refractivity contribution in [2.24, 2.45) is 40.4 Å². The fourth-order valence-electron chi connectivity index (χ4n) is 9.81. The van der Waals surface area contributed by atoms with Crippen LogP contribution in [-0.2, 0) is 4.79 Å². The Hall–Kier alpha value is -1.31. The van der Waals surface area contributed by atoms with Crippen molar-refractivity contribution in [1.29, 1.82) is 0 Å². The van der Waals surface area contributed by atoms with Crippen LogP contribution in [0.3, 0.4) is 0 Å². The van der Waals surface area contributed by atoms with E-state index in [-0.39, 0.29) is 12.0 Å². The van der Waals surface area contributed by atoms with Crippen LogP contribution < -0.4 is 0 Å². The van der Waals surface area contributed by atoms with E-state index in [1.165, 1.54) is 32.1 Å². The molecular formula is C32H49NO3. The molecule has 0 aromatic carbocycles. The van der Waals surface area contributed by atoms with Crippen LogP contribution in [0.4, 0.5) is 0 Å². The molecule has 2 N–H and O–H groups in total. The van der Waals surface area contributed by atoms with Crippen molar-refractivity contribution >= 4 is 5.91 Å². The van der Waals surface area contributed by atoms with Gasteiger partial charge in [0.05, 0.1) is 6.10 Å². The standard InChI is InChI=1S/C32H49NO3/c1-5-14-32(36)17-19-33(20-18-32)29(35)11-6-22(2)26-9-10-27-25-8-7-23-21-24(34)12-15-30(23,3)28(25)13-16-31(26,27)4/h7,22,24-28,34,36H,6,8-13,15-21H2,1-4H3/t22-,24+,25+,26-,27+,28+,30+,31-/m1/s1. The SMILES string of the molecule is CC#CC1(O)CCN(C(=O)CC[C@@H](C)[C@H]2CC[C@H]3[C@@H]4CC=C5C[C@@H](O)CC[C@]5(C)[C@H]4CC[C@]23C)CC1. The summed E-state index contributed by atoms with van der Waals surface area (Å²) in [5.41, 5.74) is 1.36. The average Bonchev–Trinajstić information content (AvgIpc) is 3.20. The predicted molar refractivity (Wildman–Crippen MR) is 144 cm³/mol. The predicted octanol–water partition coefficient (Wildman–Crippen LogP) is 5.72. The number of piperidine rings is 1. The lowest BCUT2D eigenvalue weighted by Gasteiger charge is -2.58. The summed E-state index contributed by atoms with van der Waals surface area (Å²) in [4.78, 5) is 15.0. The van der Waals surface area contributed by atoms with E-state index in [2.05, 4.69) is 38.7 Å². The summed E-state index contributed by atoms with van der Waals surface area (Å²) in [5, 5.41) is 20.8. The first-order chi connectivity index (χ1) is 17.1. The molecule has 0 aromatic rings.